The molecule has 1 saturated carbocycles. The molecule has 1 aliphatic carbocycles. The lowest BCUT2D eigenvalue weighted by atomic mass is 9.94. The summed E-state index contributed by atoms with van der Waals surface area (Å²) >= 11 is 0. The Bertz CT molecular complexity index is 355. The Kier molecular flexibility index (Phi) is 3.09. The van der Waals surface area contributed by atoms with Gasteiger partial charge in [0.2, 0.25) is 0 Å². The monoisotopic (exact) mass is 239 g/mol. The molecule has 0 amide bonds. The number of alkyl halides is 1. The summed E-state index contributed by atoms with van der Waals surface area (Å²) in [4.78, 5) is 0. The highest BCUT2D eigenvalue weighted by Crippen LogP contribution is 2.34. The Hall–Kier alpha value is -0.970. The van der Waals surface area contributed by atoms with Gasteiger partial charge in [0.15, 0.2) is 12.0 Å². The molecule has 3 rings (SSSR count). The smallest absolute Gasteiger partial charge is 0.168 e. The minimum atomic E-state index is -1.02. The number of hydrogen-bond acceptors (Lipinski definition) is 3. The van der Waals surface area contributed by atoms with E-state index in [2.05, 4.69) is 10.2 Å². The molecule has 0 bridgehead atoms. The zero-order chi connectivity index (χ0) is 11.7. The van der Waals surface area contributed by atoms with Gasteiger partial charge in [-0.25, -0.2) is 4.39 Å². The molecule has 2 aliphatic rings. The first-order chi connectivity index (χ1) is 8.36. The summed E-state index contributed by atoms with van der Waals surface area (Å²) in [6.07, 6.45) is 6.67. The molecule has 0 unspecified atom stereocenters. The molecular formula is C12H18FN3O. The van der Waals surface area contributed by atoms with Gasteiger partial charge in [0, 0.05) is 12.0 Å². The summed E-state index contributed by atoms with van der Waals surface area (Å²) in [5.41, 5.74) is 0. The minimum absolute atomic E-state index is 0.0264. The van der Waals surface area contributed by atoms with E-state index in [9.17, 15) is 4.39 Å². The van der Waals surface area contributed by atoms with Gasteiger partial charge in [-0.05, 0) is 12.8 Å². The van der Waals surface area contributed by atoms with E-state index in [1.165, 1.54) is 19.3 Å². The van der Waals surface area contributed by atoms with Crippen LogP contribution in [0.2, 0.25) is 0 Å². The third-order valence-corrected chi connectivity index (χ3v) is 3.89. The largest absolute Gasteiger partial charge is 0.380 e. The Balaban J connectivity index is 1.77. The normalized spacial score (nSPS) is 24.5. The Labute approximate surface area is 100 Å². The third-order valence-electron chi connectivity index (χ3n) is 3.89. The molecule has 0 N–H and O–H groups in total. The second-order valence-electron chi connectivity index (χ2n) is 5.09. The van der Waals surface area contributed by atoms with E-state index in [0.717, 1.165) is 12.8 Å². The van der Waals surface area contributed by atoms with E-state index in [1.807, 2.05) is 4.57 Å². The summed E-state index contributed by atoms with van der Waals surface area (Å²) in [5.74, 6) is 0.478. The number of rotatable bonds is 3. The summed E-state index contributed by atoms with van der Waals surface area (Å²) in [6, 6.07) is 0.396. The Morgan fingerprint density at radius 2 is 2.06 bits per heavy atom. The van der Waals surface area contributed by atoms with Crippen molar-refractivity contribution >= 4 is 0 Å². The first-order valence-electron chi connectivity index (χ1n) is 6.47. The van der Waals surface area contributed by atoms with Gasteiger partial charge in [0.05, 0.1) is 13.2 Å². The SMILES string of the molecule is F[C@H](c1nncn1C1CCCCC1)C1COC1. The van der Waals surface area contributed by atoms with Gasteiger partial charge < -0.3 is 9.30 Å². The average Bonchev–Trinajstić information content (AvgIpc) is 2.76. The van der Waals surface area contributed by atoms with Gasteiger partial charge in [0.25, 0.3) is 0 Å². The zero-order valence-electron chi connectivity index (χ0n) is 9.89. The molecule has 0 radical (unpaired) electrons. The van der Waals surface area contributed by atoms with Gasteiger partial charge in [-0.3, -0.25) is 0 Å². The predicted octanol–water partition coefficient (Wildman–Crippen LogP) is 2.44. The number of aromatic nitrogens is 3. The molecule has 1 aromatic rings. The van der Waals surface area contributed by atoms with Crippen molar-refractivity contribution in [2.45, 2.75) is 44.3 Å². The van der Waals surface area contributed by atoms with E-state index >= 15 is 0 Å². The molecule has 1 atom stereocenters. The number of hydrogen-bond donors (Lipinski definition) is 0. The van der Waals surface area contributed by atoms with Crippen LogP contribution in [0.5, 0.6) is 0 Å². The number of halogens is 1. The molecule has 0 spiro atoms. The van der Waals surface area contributed by atoms with Crippen molar-refractivity contribution in [3.63, 3.8) is 0 Å². The molecule has 5 heteroatoms. The molecule has 0 aromatic carbocycles. The molecule has 1 aliphatic heterocycles. The van der Waals surface area contributed by atoms with Crippen LogP contribution in [0.25, 0.3) is 0 Å². The van der Waals surface area contributed by atoms with Crippen LogP contribution in [0.15, 0.2) is 6.33 Å². The first-order valence-corrected chi connectivity index (χ1v) is 6.47. The van der Waals surface area contributed by atoms with Crippen molar-refractivity contribution in [3.05, 3.63) is 12.2 Å². The average molecular weight is 239 g/mol. The predicted molar refractivity (Wildman–Crippen MR) is 60.3 cm³/mol. The second kappa shape index (κ2) is 4.72. The van der Waals surface area contributed by atoms with Crippen LogP contribution in [-0.4, -0.2) is 28.0 Å². The molecule has 2 heterocycles. The highest BCUT2D eigenvalue weighted by molar-refractivity contribution is 4.98. The zero-order valence-corrected chi connectivity index (χ0v) is 9.89. The van der Waals surface area contributed by atoms with Crippen molar-refractivity contribution < 1.29 is 9.13 Å². The van der Waals surface area contributed by atoms with Crippen LogP contribution < -0.4 is 0 Å². The van der Waals surface area contributed by atoms with E-state index < -0.39 is 6.17 Å². The van der Waals surface area contributed by atoms with E-state index in [0.29, 0.717) is 25.1 Å². The van der Waals surface area contributed by atoms with Gasteiger partial charge in [-0.1, -0.05) is 19.3 Å². The Morgan fingerprint density at radius 3 is 2.71 bits per heavy atom. The molecule has 17 heavy (non-hydrogen) atoms. The summed E-state index contributed by atoms with van der Waals surface area (Å²) in [6.45, 7) is 1.03. The fraction of sp³-hybridized carbons (Fsp3) is 0.833. The van der Waals surface area contributed by atoms with Crippen LogP contribution in [0, 0.1) is 5.92 Å². The maximum absolute atomic E-state index is 14.2. The lowest BCUT2D eigenvalue weighted by Crippen LogP contribution is -2.33. The topological polar surface area (TPSA) is 39.9 Å². The van der Waals surface area contributed by atoms with Crippen molar-refractivity contribution in [1.29, 1.82) is 0 Å². The minimum Gasteiger partial charge on any atom is -0.380 e. The highest BCUT2D eigenvalue weighted by Gasteiger charge is 2.34. The number of ether oxygens (including phenoxy) is 1. The summed E-state index contributed by atoms with van der Waals surface area (Å²) in [7, 11) is 0. The van der Waals surface area contributed by atoms with Crippen molar-refractivity contribution in [2.75, 3.05) is 13.2 Å². The molecule has 1 aromatic heterocycles. The lowest BCUT2D eigenvalue weighted by Gasteiger charge is -2.30. The lowest BCUT2D eigenvalue weighted by molar-refractivity contribution is -0.0723. The molecule has 4 nitrogen and oxygen atoms in total. The molecular weight excluding hydrogens is 221 g/mol. The molecule has 1 saturated heterocycles. The Morgan fingerprint density at radius 1 is 1.29 bits per heavy atom. The molecule has 94 valence electrons. The third kappa shape index (κ3) is 2.08. The van der Waals surface area contributed by atoms with Gasteiger partial charge in [0.1, 0.15) is 6.33 Å². The highest BCUT2D eigenvalue weighted by atomic mass is 19.1. The van der Waals surface area contributed by atoms with Crippen molar-refractivity contribution in [1.82, 2.24) is 14.8 Å². The maximum atomic E-state index is 14.2. The second-order valence-corrected chi connectivity index (χ2v) is 5.09. The van der Waals surface area contributed by atoms with Crippen LogP contribution in [0.4, 0.5) is 4.39 Å². The van der Waals surface area contributed by atoms with Gasteiger partial charge in [-0.2, -0.15) is 0 Å². The fourth-order valence-electron chi connectivity index (χ4n) is 2.72. The van der Waals surface area contributed by atoms with E-state index in [-0.39, 0.29) is 5.92 Å². The van der Waals surface area contributed by atoms with E-state index in [4.69, 9.17) is 4.74 Å². The van der Waals surface area contributed by atoms with Crippen molar-refractivity contribution in [3.8, 4) is 0 Å². The van der Waals surface area contributed by atoms with Crippen LogP contribution in [0.1, 0.15) is 50.1 Å². The standard InChI is InChI=1S/C12H18FN3O/c13-11(9-6-17-7-9)12-15-14-8-16(12)10-4-2-1-3-5-10/h8-11H,1-7H2/t11-/m0/s1. The van der Waals surface area contributed by atoms with E-state index in [1.54, 1.807) is 6.33 Å². The fourth-order valence-corrected chi connectivity index (χ4v) is 2.72. The quantitative estimate of drug-likeness (QED) is 0.813. The van der Waals surface area contributed by atoms with Crippen molar-refractivity contribution in [2.24, 2.45) is 5.92 Å². The van der Waals surface area contributed by atoms with Gasteiger partial charge in [-0.15, -0.1) is 10.2 Å². The van der Waals surface area contributed by atoms with Crippen LogP contribution in [0.3, 0.4) is 0 Å². The first kappa shape index (κ1) is 11.1. The summed E-state index contributed by atoms with van der Waals surface area (Å²) in [5, 5.41) is 7.87. The van der Waals surface area contributed by atoms with Crippen LogP contribution >= 0.6 is 0 Å². The van der Waals surface area contributed by atoms with Crippen LogP contribution in [-0.2, 0) is 4.74 Å². The molecule has 2 fully saturated rings. The maximum Gasteiger partial charge on any atom is 0.168 e. The number of nitrogens with zero attached hydrogens (tertiary/aromatic N) is 3. The summed E-state index contributed by atoms with van der Waals surface area (Å²) < 4.78 is 21.2. The van der Waals surface area contributed by atoms with Gasteiger partial charge >= 0.3 is 0 Å².